The van der Waals surface area contributed by atoms with Crippen LogP contribution in [0.4, 0.5) is 10.1 Å². The van der Waals surface area contributed by atoms with Gasteiger partial charge in [0.1, 0.15) is 5.82 Å². The molecule has 0 radical (unpaired) electrons. The highest BCUT2D eigenvalue weighted by Crippen LogP contribution is 2.27. The molecular formula is C12H13FN2O3. The van der Waals surface area contributed by atoms with Crippen molar-refractivity contribution in [3.63, 3.8) is 0 Å². The quantitative estimate of drug-likeness (QED) is 0.834. The van der Waals surface area contributed by atoms with Crippen molar-refractivity contribution < 1.29 is 19.1 Å². The minimum Gasteiger partial charge on any atom is -0.478 e. The van der Waals surface area contributed by atoms with E-state index in [-0.39, 0.29) is 23.1 Å². The SMILES string of the molecule is NCC1CC(=O)N(c2ccc(C(=O)O)cc2F)C1. The Morgan fingerprint density at radius 1 is 1.56 bits per heavy atom. The molecule has 1 atom stereocenters. The molecule has 0 aliphatic carbocycles. The molecule has 1 aliphatic rings. The lowest BCUT2D eigenvalue weighted by Gasteiger charge is -2.17. The van der Waals surface area contributed by atoms with Gasteiger partial charge in [-0.1, -0.05) is 0 Å². The Balaban J connectivity index is 2.29. The molecule has 1 aromatic rings. The van der Waals surface area contributed by atoms with Crippen LogP contribution in [0.5, 0.6) is 0 Å². The van der Waals surface area contributed by atoms with Crippen molar-refractivity contribution in [1.29, 1.82) is 0 Å². The summed E-state index contributed by atoms with van der Waals surface area (Å²) in [6.45, 7) is 0.746. The van der Waals surface area contributed by atoms with Crippen molar-refractivity contribution in [1.82, 2.24) is 0 Å². The monoisotopic (exact) mass is 252 g/mol. The average Bonchev–Trinajstić information content (AvgIpc) is 2.70. The van der Waals surface area contributed by atoms with Gasteiger partial charge in [-0.15, -0.1) is 0 Å². The molecule has 3 N–H and O–H groups in total. The number of anilines is 1. The van der Waals surface area contributed by atoms with E-state index in [1.165, 1.54) is 17.0 Å². The van der Waals surface area contributed by atoms with E-state index < -0.39 is 11.8 Å². The Morgan fingerprint density at radius 2 is 2.28 bits per heavy atom. The van der Waals surface area contributed by atoms with Gasteiger partial charge in [0.2, 0.25) is 5.91 Å². The summed E-state index contributed by atoms with van der Waals surface area (Å²) in [5.41, 5.74) is 5.46. The van der Waals surface area contributed by atoms with E-state index in [1.54, 1.807) is 0 Å². The van der Waals surface area contributed by atoms with Crippen LogP contribution in [0.3, 0.4) is 0 Å². The zero-order valence-corrected chi connectivity index (χ0v) is 9.60. The first-order chi connectivity index (χ1) is 8.52. The maximum absolute atomic E-state index is 13.8. The highest BCUT2D eigenvalue weighted by Gasteiger charge is 2.31. The van der Waals surface area contributed by atoms with Crippen molar-refractivity contribution >= 4 is 17.6 Å². The predicted octanol–water partition coefficient (Wildman–Crippen LogP) is 0.836. The zero-order valence-electron chi connectivity index (χ0n) is 9.60. The minimum atomic E-state index is -1.20. The molecule has 6 heteroatoms. The molecule has 1 fully saturated rings. The lowest BCUT2D eigenvalue weighted by molar-refractivity contribution is -0.117. The molecule has 0 aromatic heterocycles. The normalized spacial score (nSPS) is 19.3. The number of halogens is 1. The van der Waals surface area contributed by atoms with Crippen LogP contribution in [0.25, 0.3) is 0 Å². The minimum absolute atomic E-state index is 0.0241. The summed E-state index contributed by atoms with van der Waals surface area (Å²) in [7, 11) is 0. The number of hydrogen-bond acceptors (Lipinski definition) is 3. The Labute approximate surface area is 103 Å². The molecule has 1 aromatic carbocycles. The standard InChI is InChI=1S/C12H13FN2O3/c13-9-4-8(12(17)18)1-2-10(9)15-6-7(5-14)3-11(15)16/h1-2,4,7H,3,5-6,14H2,(H,17,18). The number of nitrogens with zero attached hydrogens (tertiary/aromatic N) is 1. The van der Waals surface area contributed by atoms with E-state index in [9.17, 15) is 14.0 Å². The summed E-state index contributed by atoms with van der Waals surface area (Å²) in [5.74, 6) is -2.07. The largest absolute Gasteiger partial charge is 0.478 e. The van der Waals surface area contributed by atoms with Crippen LogP contribution < -0.4 is 10.6 Å². The number of benzene rings is 1. The van der Waals surface area contributed by atoms with Gasteiger partial charge in [0.05, 0.1) is 11.3 Å². The van der Waals surface area contributed by atoms with Crippen LogP contribution in [0.2, 0.25) is 0 Å². The van der Waals surface area contributed by atoms with Crippen LogP contribution in [-0.2, 0) is 4.79 Å². The van der Waals surface area contributed by atoms with Gasteiger partial charge < -0.3 is 15.7 Å². The molecular weight excluding hydrogens is 239 g/mol. The molecule has 5 nitrogen and oxygen atoms in total. The highest BCUT2D eigenvalue weighted by molar-refractivity contribution is 5.96. The summed E-state index contributed by atoms with van der Waals surface area (Å²) in [6.07, 6.45) is 0.302. The van der Waals surface area contributed by atoms with Crippen LogP contribution in [0, 0.1) is 11.7 Å². The van der Waals surface area contributed by atoms with Crippen LogP contribution in [0.1, 0.15) is 16.8 Å². The third-order valence-electron chi connectivity index (χ3n) is 3.02. The second kappa shape index (κ2) is 4.73. The molecule has 0 saturated carbocycles. The Kier molecular flexibility index (Phi) is 3.29. The van der Waals surface area contributed by atoms with Gasteiger partial charge >= 0.3 is 5.97 Å². The average molecular weight is 252 g/mol. The Morgan fingerprint density at radius 3 is 2.78 bits per heavy atom. The van der Waals surface area contributed by atoms with Crippen molar-refractivity contribution in [3.05, 3.63) is 29.6 Å². The van der Waals surface area contributed by atoms with E-state index in [0.29, 0.717) is 19.5 Å². The first kappa shape index (κ1) is 12.5. The number of hydrogen-bond donors (Lipinski definition) is 2. The third-order valence-corrected chi connectivity index (χ3v) is 3.02. The number of carboxylic acid groups (broad SMARTS) is 1. The lowest BCUT2D eigenvalue weighted by atomic mass is 10.1. The zero-order chi connectivity index (χ0) is 13.3. The van der Waals surface area contributed by atoms with Crippen molar-refractivity contribution in [3.8, 4) is 0 Å². The van der Waals surface area contributed by atoms with Crippen molar-refractivity contribution in [2.75, 3.05) is 18.0 Å². The van der Waals surface area contributed by atoms with Crippen LogP contribution >= 0.6 is 0 Å². The maximum Gasteiger partial charge on any atom is 0.335 e. The summed E-state index contributed by atoms with van der Waals surface area (Å²) in [6, 6.07) is 3.51. The third kappa shape index (κ3) is 2.19. The number of nitrogens with two attached hydrogens (primary N) is 1. The van der Waals surface area contributed by atoms with Gasteiger partial charge in [-0.05, 0) is 30.7 Å². The molecule has 96 valence electrons. The maximum atomic E-state index is 13.8. The fraction of sp³-hybridized carbons (Fsp3) is 0.333. The topological polar surface area (TPSA) is 83.6 Å². The summed E-state index contributed by atoms with van der Waals surface area (Å²) >= 11 is 0. The van der Waals surface area contributed by atoms with E-state index in [1.807, 2.05) is 0 Å². The number of carboxylic acids is 1. The second-order valence-corrected chi connectivity index (χ2v) is 4.28. The number of aromatic carboxylic acids is 1. The van der Waals surface area contributed by atoms with Gasteiger partial charge in [-0.3, -0.25) is 4.79 Å². The number of carbonyl (C=O) groups excluding carboxylic acids is 1. The molecule has 1 amide bonds. The molecule has 1 saturated heterocycles. The Hall–Kier alpha value is -1.95. The first-order valence-corrected chi connectivity index (χ1v) is 5.56. The highest BCUT2D eigenvalue weighted by atomic mass is 19.1. The van der Waals surface area contributed by atoms with E-state index in [2.05, 4.69) is 0 Å². The van der Waals surface area contributed by atoms with Crippen molar-refractivity contribution in [2.24, 2.45) is 11.7 Å². The number of rotatable bonds is 3. The predicted molar refractivity (Wildman–Crippen MR) is 62.9 cm³/mol. The summed E-state index contributed by atoms with van der Waals surface area (Å²) in [5, 5.41) is 8.73. The summed E-state index contributed by atoms with van der Waals surface area (Å²) < 4.78 is 13.8. The van der Waals surface area contributed by atoms with Gasteiger partial charge in [0, 0.05) is 13.0 Å². The second-order valence-electron chi connectivity index (χ2n) is 4.28. The molecule has 0 spiro atoms. The fourth-order valence-electron chi connectivity index (χ4n) is 2.03. The van der Waals surface area contributed by atoms with Crippen LogP contribution in [-0.4, -0.2) is 30.1 Å². The molecule has 18 heavy (non-hydrogen) atoms. The van der Waals surface area contributed by atoms with Crippen molar-refractivity contribution in [2.45, 2.75) is 6.42 Å². The first-order valence-electron chi connectivity index (χ1n) is 5.56. The lowest BCUT2D eigenvalue weighted by Crippen LogP contribution is -2.26. The molecule has 1 aliphatic heterocycles. The van der Waals surface area contributed by atoms with Gasteiger partial charge in [0.15, 0.2) is 0 Å². The fourth-order valence-corrected chi connectivity index (χ4v) is 2.03. The van der Waals surface area contributed by atoms with Crippen LogP contribution in [0.15, 0.2) is 18.2 Å². The van der Waals surface area contributed by atoms with E-state index in [0.717, 1.165) is 6.07 Å². The van der Waals surface area contributed by atoms with Gasteiger partial charge in [-0.25, -0.2) is 9.18 Å². The van der Waals surface area contributed by atoms with Gasteiger partial charge in [0.25, 0.3) is 0 Å². The van der Waals surface area contributed by atoms with E-state index in [4.69, 9.17) is 10.8 Å². The summed E-state index contributed by atoms with van der Waals surface area (Å²) in [4.78, 5) is 23.7. The Bertz CT molecular complexity index is 504. The smallest absolute Gasteiger partial charge is 0.335 e. The molecule has 0 bridgehead atoms. The van der Waals surface area contributed by atoms with E-state index >= 15 is 0 Å². The molecule has 1 unspecified atom stereocenters. The molecule has 1 heterocycles. The number of amides is 1. The number of carbonyl (C=O) groups is 2. The van der Waals surface area contributed by atoms with Gasteiger partial charge in [-0.2, -0.15) is 0 Å². The molecule has 2 rings (SSSR count).